The van der Waals surface area contributed by atoms with Crippen molar-refractivity contribution in [2.75, 3.05) is 11.9 Å². The molecule has 0 unspecified atom stereocenters. The molecule has 1 amide bonds. The summed E-state index contributed by atoms with van der Waals surface area (Å²) in [5.41, 5.74) is 2.61. The van der Waals surface area contributed by atoms with Crippen LogP contribution in [0.15, 0.2) is 42.6 Å². The molecule has 0 saturated heterocycles. The van der Waals surface area contributed by atoms with Gasteiger partial charge in [0.1, 0.15) is 5.69 Å². The number of aromatic nitrogens is 1. The van der Waals surface area contributed by atoms with Crippen LogP contribution in [-0.4, -0.2) is 23.5 Å². The van der Waals surface area contributed by atoms with Gasteiger partial charge < -0.3 is 10.6 Å². The predicted octanol–water partition coefficient (Wildman–Crippen LogP) is 3.28. The summed E-state index contributed by atoms with van der Waals surface area (Å²) in [6.45, 7) is 0.803. The van der Waals surface area contributed by atoms with Gasteiger partial charge in [-0.15, -0.1) is 0 Å². The van der Waals surface area contributed by atoms with Crippen LogP contribution in [0.5, 0.6) is 0 Å². The molecular formula is C17H18ClN3O. The number of nitrogens with zero attached hydrogens (tertiary/aromatic N) is 1. The lowest BCUT2D eigenvalue weighted by Crippen LogP contribution is -2.26. The highest BCUT2D eigenvalue weighted by molar-refractivity contribution is 6.30. The highest BCUT2D eigenvalue weighted by Crippen LogP contribution is 2.19. The van der Waals surface area contributed by atoms with E-state index in [4.69, 9.17) is 11.6 Å². The van der Waals surface area contributed by atoms with Crippen LogP contribution in [0, 0.1) is 0 Å². The van der Waals surface area contributed by atoms with Gasteiger partial charge in [0.2, 0.25) is 0 Å². The first-order chi connectivity index (χ1) is 10.7. The number of anilines is 1. The number of nitrogens with one attached hydrogen (secondary N) is 2. The third kappa shape index (κ3) is 4.21. The summed E-state index contributed by atoms with van der Waals surface area (Å²) in [5.74, 6) is -0.0878. The van der Waals surface area contributed by atoms with Crippen molar-refractivity contribution < 1.29 is 4.79 Å². The van der Waals surface area contributed by atoms with E-state index < -0.39 is 0 Å². The number of hydrogen-bond donors (Lipinski definition) is 2. The van der Waals surface area contributed by atoms with Gasteiger partial charge in [0.25, 0.3) is 5.91 Å². The Morgan fingerprint density at radius 1 is 1.18 bits per heavy atom. The molecule has 2 N–H and O–H groups in total. The second-order valence-electron chi connectivity index (χ2n) is 5.48. The molecule has 1 aromatic heterocycles. The summed E-state index contributed by atoms with van der Waals surface area (Å²) in [6, 6.07) is 11.8. The van der Waals surface area contributed by atoms with Crippen LogP contribution < -0.4 is 10.6 Å². The molecule has 2 aromatic rings. The normalized spacial score (nSPS) is 13.7. The van der Waals surface area contributed by atoms with Crippen molar-refractivity contribution in [1.82, 2.24) is 10.3 Å². The van der Waals surface area contributed by atoms with Crippen molar-refractivity contribution in [2.45, 2.75) is 25.3 Å². The molecule has 0 aliphatic heterocycles. The maximum Gasteiger partial charge on any atom is 0.270 e. The monoisotopic (exact) mass is 315 g/mol. The summed E-state index contributed by atoms with van der Waals surface area (Å²) in [6.07, 6.45) is 4.76. The van der Waals surface area contributed by atoms with Crippen molar-refractivity contribution in [3.8, 4) is 0 Å². The second kappa shape index (κ2) is 6.79. The van der Waals surface area contributed by atoms with Crippen LogP contribution in [0.2, 0.25) is 5.02 Å². The topological polar surface area (TPSA) is 54.0 Å². The molecular weight excluding hydrogens is 298 g/mol. The molecule has 0 atom stereocenters. The Bertz CT molecular complexity index is 636. The van der Waals surface area contributed by atoms with E-state index in [1.807, 2.05) is 30.3 Å². The van der Waals surface area contributed by atoms with Gasteiger partial charge in [-0.1, -0.05) is 23.7 Å². The standard InChI is InChI=1S/C17H18ClN3O/c18-13-3-1-12(2-4-13)9-10-19-15-7-8-16(20-11-15)17(22)21-14-5-6-14/h1-4,7-8,11,14,19H,5-6,9-10H2,(H,21,22). The summed E-state index contributed by atoms with van der Waals surface area (Å²) in [4.78, 5) is 16.0. The molecule has 1 aromatic carbocycles. The predicted molar refractivity (Wildman–Crippen MR) is 88.4 cm³/mol. The Hall–Kier alpha value is -2.07. The first-order valence-corrected chi connectivity index (χ1v) is 7.84. The Morgan fingerprint density at radius 3 is 2.59 bits per heavy atom. The number of hydrogen-bond acceptors (Lipinski definition) is 3. The van der Waals surface area contributed by atoms with Gasteiger partial charge in [-0.05, 0) is 49.1 Å². The zero-order valence-electron chi connectivity index (χ0n) is 12.2. The van der Waals surface area contributed by atoms with Crippen LogP contribution in [0.3, 0.4) is 0 Å². The summed E-state index contributed by atoms with van der Waals surface area (Å²) >= 11 is 5.86. The van der Waals surface area contributed by atoms with E-state index in [1.54, 1.807) is 12.3 Å². The summed E-state index contributed by atoms with van der Waals surface area (Å²) in [7, 11) is 0. The van der Waals surface area contributed by atoms with E-state index in [-0.39, 0.29) is 5.91 Å². The van der Waals surface area contributed by atoms with E-state index in [9.17, 15) is 4.79 Å². The minimum absolute atomic E-state index is 0.0878. The van der Waals surface area contributed by atoms with Crippen LogP contribution in [0.25, 0.3) is 0 Å². The van der Waals surface area contributed by atoms with Crippen LogP contribution in [-0.2, 0) is 6.42 Å². The third-order valence-corrected chi connectivity index (χ3v) is 3.82. The molecule has 1 aliphatic carbocycles. The Morgan fingerprint density at radius 2 is 1.95 bits per heavy atom. The Labute approximate surface area is 134 Å². The highest BCUT2D eigenvalue weighted by atomic mass is 35.5. The third-order valence-electron chi connectivity index (χ3n) is 3.56. The Kier molecular flexibility index (Phi) is 4.59. The van der Waals surface area contributed by atoms with Gasteiger partial charge in [0, 0.05) is 17.6 Å². The number of carbonyl (C=O) groups excluding carboxylic acids is 1. The fourth-order valence-corrected chi connectivity index (χ4v) is 2.25. The number of carbonyl (C=O) groups is 1. The average Bonchev–Trinajstić information content (AvgIpc) is 3.34. The number of pyridine rings is 1. The molecule has 0 spiro atoms. The number of amides is 1. The molecule has 114 valence electrons. The first kappa shape index (κ1) is 14.9. The highest BCUT2D eigenvalue weighted by Gasteiger charge is 2.24. The summed E-state index contributed by atoms with van der Waals surface area (Å²) < 4.78 is 0. The lowest BCUT2D eigenvalue weighted by atomic mass is 10.1. The smallest absolute Gasteiger partial charge is 0.270 e. The lowest BCUT2D eigenvalue weighted by molar-refractivity contribution is 0.0946. The first-order valence-electron chi connectivity index (χ1n) is 7.46. The fraction of sp³-hybridized carbons (Fsp3) is 0.294. The maximum atomic E-state index is 11.8. The SMILES string of the molecule is O=C(NC1CC1)c1ccc(NCCc2ccc(Cl)cc2)cn1. The largest absolute Gasteiger partial charge is 0.383 e. The van der Waals surface area contributed by atoms with E-state index in [1.165, 1.54) is 5.56 Å². The molecule has 1 aliphatic rings. The van der Waals surface area contributed by atoms with E-state index in [2.05, 4.69) is 15.6 Å². The van der Waals surface area contributed by atoms with Gasteiger partial charge in [-0.25, -0.2) is 4.98 Å². The van der Waals surface area contributed by atoms with Crippen molar-refractivity contribution in [3.63, 3.8) is 0 Å². The zero-order valence-corrected chi connectivity index (χ0v) is 12.9. The molecule has 3 rings (SSSR count). The zero-order chi connectivity index (χ0) is 15.4. The molecule has 1 fully saturated rings. The number of rotatable bonds is 6. The maximum absolute atomic E-state index is 11.8. The van der Waals surface area contributed by atoms with Crippen molar-refractivity contribution in [2.24, 2.45) is 0 Å². The van der Waals surface area contributed by atoms with Gasteiger partial charge in [0.05, 0.1) is 11.9 Å². The molecule has 22 heavy (non-hydrogen) atoms. The van der Waals surface area contributed by atoms with E-state index in [0.717, 1.165) is 36.5 Å². The van der Waals surface area contributed by atoms with E-state index >= 15 is 0 Å². The number of benzene rings is 1. The Balaban J connectivity index is 1.48. The van der Waals surface area contributed by atoms with Crippen LogP contribution >= 0.6 is 11.6 Å². The van der Waals surface area contributed by atoms with Gasteiger partial charge in [0.15, 0.2) is 0 Å². The van der Waals surface area contributed by atoms with Crippen molar-refractivity contribution in [3.05, 3.63) is 58.9 Å². The fourth-order valence-electron chi connectivity index (χ4n) is 2.12. The van der Waals surface area contributed by atoms with Gasteiger partial charge in [-0.2, -0.15) is 0 Å². The quantitative estimate of drug-likeness (QED) is 0.860. The lowest BCUT2D eigenvalue weighted by Gasteiger charge is -2.07. The minimum atomic E-state index is -0.0878. The molecule has 4 nitrogen and oxygen atoms in total. The van der Waals surface area contributed by atoms with Crippen molar-refractivity contribution >= 4 is 23.2 Å². The molecule has 1 saturated carbocycles. The number of halogens is 1. The van der Waals surface area contributed by atoms with Crippen molar-refractivity contribution in [1.29, 1.82) is 0 Å². The molecule has 0 radical (unpaired) electrons. The average molecular weight is 316 g/mol. The molecule has 5 heteroatoms. The molecule has 1 heterocycles. The minimum Gasteiger partial charge on any atom is -0.383 e. The van der Waals surface area contributed by atoms with Gasteiger partial charge in [-0.3, -0.25) is 4.79 Å². The van der Waals surface area contributed by atoms with E-state index in [0.29, 0.717) is 11.7 Å². The van der Waals surface area contributed by atoms with Crippen LogP contribution in [0.4, 0.5) is 5.69 Å². The van der Waals surface area contributed by atoms with Gasteiger partial charge >= 0.3 is 0 Å². The second-order valence-corrected chi connectivity index (χ2v) is 5.92. The summed E-state index contributed by atoms with van der Waals surface area (Å²) in [5, 5.41) is 6.98. The molecule has 0 bridgehead atoms. The van der Waals surface area contributed by atoms with Crippen LogP contribution in [0.1, 0.15) is 28.9 Å².